The second-order valence-electron chi connectivity index (χ2n) is 4.30. The van der Waals surface area contributed by atoms with Crippen LogP contribution in [0.5, 0.6) is 0 Å². The maximum atomic E-state index is 12.2. The Bertz CT molecular complexity index is 463. The second-order valence-corrected chi connectivity index (χ2v) is 7.19. The van der Waals surface area contributed by atoms with Gasteiger partial charge in [0.25, 0.3) is 0 Å². The van der Waals surface area contributed by atoms with E-state index >= 15 is 0 Å². The van der Waals surface area contributed by atoms with Gasteiger partial charge in [0.2, 0.25) is 5.91 Å². The van der Waals surface area contributed by atoms with Crippen molar-refractivity contribution in [2.45, 2.75) is 31.2 Å². The maximum absolute atomic E-state index is 12.2. The first-order valence-corrected chi connectivity index (χ1v) is 7.79. The van der Waals surface area contributed by atoms with Crippen molar-refractivity contribution < 1.29 is 4.79 Å². The van der Waals surface area contributed by atoms with E-state index in [1.54, 1.807) is 11.8 Å². The molecule has 18 heavy (non-hydrogen) atoms. The normalized spacial score (nSPS) is 24.5. The van der Waals surface area contributed by atoms with E-state index in [2.05, 4.69) is 32.9 Å². The Kier molecular flexibility index (Phi) is 4.66. The maximum Gasteiger partial charge on any atom is 0.236 e. The SMILES string of the molecule is CC1N=C(I)SC1C(=O)N[C@@H](C)c1ccccc1. The molecule has 1 N–H and O–H groups in total. The van der Waals surface area contributed by atoms with E-state index in [4.69, 9.17) is 0 Å². The van der Waals surface area contributed by atoms with Gasteiger partial charge < -0.3 is 5.32 Å². The minimum Gasteiger partial charge on any atom is -0.349 e. The Morgan fingerprint density at radius 1 is 1.44 bits per heavy atom. The smallest absolute Gasteiger partial charge is 0.236 e. The topological polar surface area (TPSA) is 41.5 Å². The Labute approximate surface area is 125 Å². The van der Waals surface area contributed by atoms with Crippen LogP contribution >= 0.6 is 34.4 Å². The molecule has 1 aliphatic heterocycles. The molecule has 1 aliphatic rings. The van der Waals surface area contributed by atoms with E-state index in [9.17, 15) is 4.79 Å². The third kappa shape index (κ3) is 3.26. The number of amides is 1. The van der Waals surface area contributed by atoms with E-state index in [0.717, 1.165) is 8.61 Å². The van der Waals surface area contributed by atoms with E-state index in [-0.39, 0.29) is 23.2 Å². The van der Waals surface area contributed by atoms with Crippen LogP contribution < -0.4 is 5.32 Å². The van der Waals surface area contributed by atoms with Crippen LogP contribution in [0.25, 0.3) is 0 Å². The number of carbonyl (C=O) groups excluding carboxylic acids is 1. The van der Waals surface area contributed by atoms with E-state index in [1.807, 2.05) is 44.2 Å². The van der Waals surface area contributed by atoms with Crippen molar-refractivity contribution in [3.8, 4) is 0 Å². The predicted octanol–water partition coefficient (Wildman–Crippen LogP) is 3.16. The fraction of sp³-hybridized carbons (Fsp3) is 0.385. The molecule has 0 saturated heterocycles. The summed E-state index contributed by atoms with van der Waals surface area (Å²) in [6.45, 7) is 3.99. The summed E-state index contributed by atoms with van der Waals surface area (Å²) >= 11 is 3.72. The number of halogens is 1. The summed E-state index contributed by atoms with van der Waals surface area (Å²) in [6, 6.07) is 10.1. The lowest BCUT2D eigenvalue weighted by Gasteiger charge is -2.18. The van der Waals surface area contributed by atoms with E-state index < -0.39 is 0 Å². The number of hydrogen-bond donors (Lipinski definition) is 1. The largest absolute Gasteiger partial charge is 0.349 e. The molecule has 0 saturated carbocycles. The molecule has 0 aromatic heterocycles. The van der Waals surface area contributed by atoms with Gasteiger partial charge in [-0.05, 0) is 42.0 Å². The molecule has 1 aromatic rings. The van der Waals surface area contributed by atoms with Crippen molar-refractivity contribution in [3.63, 3.8) is 0 Å². The summed E-state index contributed by atoms with van der Waals surface area (Å²) in [4.78, 5) is 16.6. The Morgan fingerprint density at radius 3 is 2.67 bits per heavy atom. The zero-order valence-electron chi connectivity index (χ0n) is 10.3. The molecule has 2 unspecified atom stereocenters. The first-order chi connectivity index (χ1) is 8.58. The third-order valence-corrected chi connectivity index (χ3v) is 5.09. The Hall–Kier alpha value is -0.560. The minimum atomic E-state index is -0.0944. The summed E-state index contributed by atoms with van der Waals surface area (Å²) in [5.74, 6) is 0.0688. The summed E-state index contributed by atoms with van der Waals surface area (Å²) in [7, 11) is 0. The van der Waals surface area contributed by atoms with Crippen molar-refractivity contribution >= 4 is 43.3 Å². The number of hydrogen-bond acceptors (Lipinski definition) is 3. The van der Waals surface area contributed by atoms with E-state index in [1.165, 1.54) is 0 Å². The van der Waals surface area contributed by atoms with Crippen LogP contribution in [0.4, 0.5) is 0 Å². The number of nitrogens with one attached hydrogen (secondary N) is 1. The van der Waals surface area contributed by atoms with Crippen LogP contribution in [0.15, 0.2) is 35.3 Å². The zero-order valence-corrected chi connectivity index (χ0v) is 13.2. The number of benzene rings is 1. The van der Waals surface area contributed by atoms with Gasteiger partial charge in [-0.25, -0.2) is 0 Å². The Balaban J connectivity index is 1.96. The van der Waals surface area contributed by atoms with Crippen molar-refractivity contribution in [2.24, 2.45) is 4.99 Å². The summed E-state index contributed by atoms with van der Waals surface area (Å²) in [5.41, 5.74) is 1.12. The molecular weight excluding hydrogens is 359 g/mol. The second kappa shape index (κ2) is 6.06. The number of thioether (sulfide) groups is 1. The highest BCUT2D eigenvalue weighted by Crippen LogP contribution is 2.30. The van der Waals surface area contributed by atoms with Gasteiger partial charge in [0.15, 0.2) is 0 Å². The summed E-state index contributed by atoms with van der Waals surface area (Å²) in [6.07, 6.45) is 0. The van der Waals surface area contributed by atoms with Crippen molar-refractivity contribution in [3.05, 3.63) is 35.9 Å². The fourth-order valence-electron chi connectivity index (χ4n) is 1.85. The summed E-state index contributed by atoms with van der Waals surface area (Å²) in [5, 5.41) is 2.96. The molecule has 0 aliphatic carbocycles. The van der Waals surface area contributed by atoms with Gasteiger partial charge in [-0.1, -0.05) is 42.1 Å². The molecule has 96 valence electrons. The van der Waals surface area contributed by atoms with Gasteiger partial charge in [-0.2, -0.15) is 0 Å². The lowest BCUT2D eigenvalue weighted by atomic mass is 10.1. The zero-order chi connectivity index (χ0) is 13.1. The standard InChI is InChI=1S/C13H15IN2OS/c1-8(10-6-4-3-5-7-10)15-12(17)11-9(2)16-13(14)18-11/h3-9,11H,1-2H3,(H,15,17)/t8-,9?,11?/m0/s1. The highest BCUT2D eigenvalue weighted by Gasteiger charge is 2.32. The van der Waals surface area contributed by atoms with Gasteiger partial charge in [-0.3, -0.25) is 9.79 Å². The van der Waals surface area contributed by atoms with Gasteiger partial charge in [0.05, 0.1) is 12.1 Å². The quantitative estimate of drug-likeness (QED) is 0.826. The molecule has 0 radical (unpaired) electrons. The monoisotopic (exact) mass is 374 g/mol. The van der Waals surface area contributed by atoms with Gasteiger partial charge in [-0.15, -0.1) is 0 Å². The molecule has 3 nitrogen and oxygen atoms in total. The summed E-state index contributed by atoms with van der Waals surface area (Å²) < 4.78 is 0.965. The molecule has 0 fully saturated rings. The highest BCUT2D eigenvalue weighted by atomic mass is 127. The van der Waals surface area contributed by atoms with Crippen LogP contribution in [0.2, 0.25) is 0 Å². The molecule has 2 rings (SSSR count). The molecule has 5 heteroatoms. The van der Waals surface area contributed by atoms with Gasteiger partial charge in [0, 0.05) is 0 Å². The molecule has 1 heterocycles. The first kappa shape index (κ1) is 13.9. The number of carbonyl (C=O) groups is 1. The average molecular weight is 374 g/mol. The molecular formula is C13H15IN2OS. The van der Waals surface area contributed by atoms with Crippen LogP contribution in [0.3, 0.4) is 0 Å². The molecule has 1 aromatic carbocycles. The highest BCUT2D eigenvalue weighted by molar-refractivity contribution is 14.1. The number of rotatable bonds is 3. The predicted molar refractivity (Wildman–Crippen MR) is 85.3 cm³/mol. The molecule has 1 amide bonds. The van der Waals surface area contributed by atoms with Crippen molar-refractivity contribution in [2.75, 3.05) is 0 Å². The van der Waals surface area contributed by atoms with Gasteiger partial charge >= 0.3 is 0 Å². The fourth-order valence-corrected chi connectivity index (χ4v) is 3.99. The van der Waals surface area contributed by atoms with Crippen molar-refractivity contribution in [1.29, 1.82) is 0 Å². The van der Waals surface area contributed by atoms with Gasteiger partial charge in [0.1, 0.15) is 8.30 Å². The van der Waals surface area contributed by atoms with Crippen LogP contribution in [-0.2, 0) is 4.79 Å². The molecule has 0 spiro atoms. The molecule has 3 atom stereocenters. The number of nitrogens with zero attached hydrogens (tertiary/aromatic N) is 1. The first-order valence-electron chi connectivity index (χ1n) is 5.83. The molecule has 0 bridgehead atoms. The van der Waals surface area contributed by atoms with Crippen LogP contribution in [0.1, 0.15) is 25.5 Å². The third-order valence-electron chi connectivity index (χ3n) is 2.88. The van der Waals surface area contributed by atoms with Crippen molar-refractivity contribution in [1.82, 2.24) is 5.32 Å². The minimum absolute atomic E-state index is 0.0322. The number of aliphatic imine (C=N–C) groups is 1. The van der Waals surface area contributed by atoms with Crippen LogP contribution in [0, 0.1) is 0 Å². The van der Waals surface area contributed by atoms with E-state index in [0.29, 0.717) is 0 Å². The van der Waals surface area contributed by atoms with Crippen LogP contribution in [-0.4, -0.2) is 20.2 Å². The average Bonchev–Trinajstić information content (AvgIpc) is 2.69. The Morgan fingerprint density at radius 2 is 2.11 bits per heavy atom. The lowest BCUT2D eigenvalue weighted by molar-refractivity contribution is -0.121. The lowest BCUT2D eigenvalue weighted by Crippen LogP contribution is -2.38.